The Kier molecular flexibility index (Phi) is 6.34. The van der Waals surface area contributed by atoms with Crippen molar-refractivity contribution in [3.8, 4) is 5.69 Å². The number of anilines is 1. The molecular weight excluding hydrogens is 512 g/mol. The number of hydrogen-bond donors (Lipinski definition) is 0. The highest BCUT2D eigenvalue weighted by molar-refractivity contribution is 7.89. The first kappa shape index (κ1) is 26.4. The Morgan fingerprint density at radius 3 is 2.38 bits per heavy atom. The van der Waals surface area contributed by atoms with E-state index in [4.69, 9.17) is 15.1 Å². The SMILES string of the molecule is CCCc1nc(N2CCN(S(=O)(=O)C[C@]34CCC(CC3=O)C4(C)C)CC2)c2c(C)nn(-c3ccccc3)c2n1. The monoisotopic (exact) mass is 550 g/mol. The predicted octanol–water partition coefficient (Wildman–Crippen LogP) is 3.92. The second kappa shape index (κ2) is 9.37. The van der Waals surface area contributed by atoms with Crippen molar-refractivity contribution in [2.24, 2.45) is 16.7 Å². The molecule has 1 saturated heterocycles. The maximum absolute atomic E-state index is 13.7. The number of para-hydroxylation sites is 1. The zero-order valence-electron chi connectivity index (χ0n) is 23.4. The van der Waals surface area contributed by atoms with Gasteiger partial charge in [-0.15, -0.1) is 0 Å². The van der Waals surface area contributed by atoms with Gasteiger partial charge in [-0.05, 0) is 49.7 Å². The van der Waals surface area contributed by atoms with Crippen LogP contribution in [0.5, 0.6) is 0 Å². The smallest absolute Gasteiger partial charge is 0.215 e. The third-order valence-corrected chi connectivity index (χ3v) is 11.7. The van der Waals surface area contributed by atoms with Crippen LogP contribution in [0.1, 0.15) is 58.0 Å². The summed E-state index contributed by atoms with van der Waals surface area (Å²) in [7, 11) is -3.58. The summed E-state index contributed by atoms with van der Waals surface area (Å²) < 4.78 is 30.8. The van der Waals surface area contributed by atoms with E-state index >= 15 is 0 Å². The highest BCUT2D eigenvalue weighted by Gasteiger charge is 2.65. The zero-order valence-corrected chi connectivity index (χ0v) is 24.2. The molecule has 39 heavy (non-hydrogen) atoms. The molecule has 1 unspecified atom stereocenters. The Morgan fingerprint density at radius 2 is 1.77 bits per heavy atom. The Hall–Kier alpha value is -2.85. The van der Waals surface area contributed by atoms with E-state index in [0.717, 1.165) is 53.3 Å². The number of nitrogens with zero attached hydrogens (tertiary/aromatic N) is 6. The van der Waals surface area contributed by atoms with E-state index in [-0.39, 0.29) is 17.0 Å². The molecule has 1 aliphatic heterocycles. The van der Waals surface area contributed by atoms with Crippen LogP contribution in [0.2, 0.25) is 0 Å². The van der Waals surface area contributed by atoms with Crippen molar-refractivity contribution in [3.05, 3.63) is 41.9 Å². The molecule has 3 aromatic rings. The van der Waals surface area contributed by atoms with Gasteiger partial charge < -0.3 is 4.90 Å². The number of rotatable bonds is 7. The number of benzene rings is 1. The summed E-state index contributed by atoms with van der Waals surface area (Å²) in [4.78, 5) is 25.0. The minimum Gasteiger partial charge on any atom is -0.353 e. The van der Waals surface area contributed by atoms with Gasteiger partial charge in [0, 0.05) is 44.4 Å². The van der Waals surface area contributed by atoms with E-state index in [1.54, 1.807) is 4.31 Å². The Labute approximate surface area is 230 Å². The van der Waals surface area contributed by atoms with E-state index < -0.39 is 15.4 Å². The number of carbonyl (C=O) groups is 1. The fourth-order valence-electron chi connectivity index (χ4n) is 7.21. The number of aromatic nitrogens is 4. The van der Waals surface area contributed by atoms with Crippen LogP contribution < -0.4 is 4.90 Å². The van der Waals surface area contributed by atoms with Gasteiger partial charge in [0.15, 0.2) is 5.65 Å². The van der Waals surface area contributed by atoms with Crippen LogP contribution in [-0.2, 0) is 21.2 Å². The molecule has 0 spiro atoms. The molecule has 1 aromatic carbocycles. The first-order valence-electron chi connectivity index (χ1n) is 14.1. The first-order valence-corrected chi connectivity index (χ1v) is 15.8. The summed E-state index contributed by atoms with van der Waals surface area (Å²) in [5, 5.41) is 5.73. The van der Waals surface area contributed by atoms with Crippen molar-refractivity contribution < 1.29 is 13.2 Å². The highest BCUT2D eigenvalue weighted by atomic mass is 32.2. The van der Waals surface area contributed by atoms with Crippen molar-refractivity contribution in [1.29, 1.82) is 0 Å². The molecule has 6 rings (SSSR count). The van der Waals surface area contributed by atoms with Crippen LogP contribution in [-0.4, -0.2) is 70.2 Å². The number of Topliss-reactive ketones (excluding diaryl/α,β-unsaturated/α-hetero) is 1. The number of carbonyl (C=O) groups excluding carboxylic acids is 1. The summed E-state index contributed by atoms with van der Waals surface area (Å²) >= 11 is 0. The van der Waals surface area contributed by atoms with Gasteiger partial charge in [-0.1, -0.05) is 39.0 Å². The topological polar surface area (TPSA) is 101 Å². The maximum atomic E-state index is 13.7. The molecular formula is C29H38N6O3S. The first-order chi connectivity index (χ1) is 18.6. The molecule has 208 valence electrons. The van der Waals surface area contributed by atoms with Crippen LogP contribution >= 0.6 is 0 Å². The van der Waals surface area contributed by atoms with Crippen LogP contribution in [0.25, 0.3) is 16.7 Å². The largest absolute Gasteiger partial charge is 0.353 e. The van der Waals surface area contributed by atoms with Crippen molar-refractivity contribution >= 4 is 32.7 Å². The lowest BCUT2D eigenvalue weighted by Gasteiger charge is -2.40. The third kappa shape index (κ3) is 4.09. The van der Waals surface area contributed by atoms with Crippen molar-refractivity contribution in [2.45, 2.75) is 59.8 Å². The van der Waals surface area contributed by atoms with Crippen LogP contribution in [0.15, 0.2) is 30.3 Å². The summed E-state index contributed by atoms with van der Waals surface area (Å²) in [5.74, 6) is 1.97. The van der Waals surface area contributed by atoms with E-state index in [0.29, 0.717) is 44.9 Å². The van der Waals surface area contributed by atoms with Gasteiger partial charge in [-0.2, -0.15) is 9.40 Å². The van der Waals surface area contributed by atoms with Crippen molar-refractivity contribution in [1.82, 2.24) is 24.1 Å². The number of sulfonamides is 1. The molecule has 2 saturated carbocycles. The molecule has 2 bridgehead atoms. The van der Waals surface area contributed by atoms with E-state index in [9.17, 15) is 13.2 Å². The maximum Gasteiger partial charge on any atom is 0.215 e. The Bertz CT molecular complexity index is 1530. The average molecular weight is 551 g/mol. The van der Waals surface area contributed by atoms with E-state index in [1.165, 1.54) is 0 Å². The molecule has 3 aliphatic rings. The van der Waals surface area contributed by atoms with E-state index in [2.05, 4.69) is 25.7 Å². The highest BCUT2D eigenvalue weighted by Crippen LogP contribution is 2.64. The molecule has 0 radical (unpaired) electrons. The standard InChI is InChI=1S/C29H38N6O3S/c1-5-9-24-30-26(25-20(2)32-35(27(25)31-24)22-10-7-6-8-11-22)33-14-16-34(17-15-33)39(37,38)19-29-13-12-21(18-23(29)36)28(29,3)4/h6-8,10-11,21H,5,9,12-19H2,1-4H3/t21?,29-/m1/s1. The van der Waals surface area contributed by atoms with Crippen molar-refractivity contribution in [2.75, 3.05) is 36.8 Å². The fourth-order valence-corrected chi connectivity index (χ4v) is 9.41. The zero-order chi connectivity index (χ0) is 27.6. The lowest BCUT2D eigenvalue weighted by atomic mass is 9.70. The minimum atomic E-state index is -3.58. The van der Waals surface area contributed by atoms with E-state index in [1.807, 2.05) is 41.9 Å². The van der Waals surface area contributed by atoms with Gasteiger partial charge in [0.1, 0.15) is 17.4 Å². The normalized spacial score (nSPS) is 25.2. The van der Waals surface area contributed by atoms with Crippen LogP contribution in [0, 0.1) is 23.7 Å². The second-order valence-electron chi connectivity index (χ2n) is 12.1. The van der Waals surface area contributed by atoms with Crippen LogP contribution in [0.3, 0.4) is 0 Å². The molecule has 2 atom stereocenters. The average Bonchev–Trinajstić information content (AvgIpc) is 3.44. The number of hydrogen-bond acceptors (Lipinski definition) is 7. The molecule has 0 N–H and O–H groups in total. The number of aryl methyl sites for hydroxylation is 2. The predicted molar refractivity (Wildman–Crippen MR) is 152 cm³/mol. The number of fused-ring (bicyclic) bond motifs is 3. The second-order valence-corrected chi connectivity index (χ2v) is 14.0. The van der Waals surface area contributed by atoms with Gasteiger partial charge in [-0.3, -0.25) is 4.79 Å². The molecule has 0 amide bonds. The minimum absolute atomic E-state index is 0.0658. The lowest BCUT2D eigenvalue weighted by Crippen LogP contribution is -2.53. The number of ketones is 1. The van der Waals surface area contributed by atoms with Crippen molar-refractivity contribution in [3.63, 3.8) is 0 Å². The molecule has 3 fully saturated rings. The molecule has 10 heteroatoms. The van der Waals surface area contributed by atoms with Gasteiger partial charge in [0.05, 0.1) is 22.5 Å². The molecule has 2 aliphatic carbocycles. The van der Waals surface area contributed by atoms with Crippen LogP contribution in [0.4, 0.5) is 5.82 Å². The molecule has 3 heterocycles. The summed E-state index contributed by atoms with van der Waals surface area (Å²) in [6.07, 6.45) is 3.83. The van der Waals surface area contributed by atoms with Gasteiger partial charge in [-0.25, -0.2) is 23.1 Å². The Morgan fingerprint density at radius 1 is 1.05 bits per heavy atom. The summed E-state index contributed by atoms with van der Waals surface area (Å²) in [6, 6.07) is 9.97. The molecule has 2 aromatic heterocycles. The lowest BCUT2D eigenvalue weighted by molar-refractivity contribution is -0.128. The number of piperazine rings is 1. The molecule has 9 nitrogen and oxygen atoms in total. The van der Waals surface area contributed by atoms with Gasteiger partial charge in [0.2, 0.25) is 10.0 Å². The Balaban J connectivity index is 1.28. The summed E-state index contributed by atoms with van der Waals surface area (Å²) in [6.45, 7) is 10.1. The van der Waals surface area contributed by atoms with Gasteiger partial charge >= 0.3 is 0 Å². The fraction of sp³-hybridized carbons (Fsp3) is 0.586. The third-order valence-electron chi connectivity index (χ3n) is 9.70. The van der Waals surface area contributed by atoms with Gasteiger partial charge in [0.25, 0.3) is 0 Å². The summed E-state index contributed by atoms with van der Waals surface area (Å²) in [5.41, 5.74) is 1.55. The quantitative estimate of drug-likeness (QED) is 0.439.